The summed E-state index contributed by atoms with van der Waals surface area (Å²) >= 11 is 0. The first-order chi connectivity index (χ1) is 5.25. The van der Waals surface area contributed by atoms with E-state index >= 15 is 0 Å². The topological polar surface area (TPSA) is 50.9 Å². The van der Waals surface area contributed by atoms with Gasteiger partial charge in [0.1, 0.15) is 0 Å². The zero-order valence-electron chi connectivity index (χ0n) is 6.26. The summed E-state index contributed by atoms with van der Waals surface area (Å²) in [5.41, 5.74) is 5.78. The molecule has 0 atom stereocenters. The standard InChI is InChI=1S/C7H10FN3/c1-10-4-5-2-3-11-7(9)6(5)8/h2-3,10H,4H2,1H3,(H2,9,11). The van der Waals surface area contributed by atoms with Gasteiger partial charge in [0.25, 0.3) is 0 Å². The van der Waals surface area contributed by atoms with Gasteiger partial charge < -0.3 is 11.1 Å². The lowest BCUT2D eigenvalue weighted by Gasteiger charge is -2.02. The van der Waals surface area contributed by atoms with Gasteiger partial charge in [-0.05, 0) is 13.1 Å². The highest BCUT2D eigenvalue weighted by atomic mass is 19.1. The van der Waals surface area contributed by atoms with Crippen molar-refractivity contribution in [2.24, 2.45) is 0 Å². The molecule has 0 amide bonds. The van der Waals surface area contributed by atoms with Crippen molar-refractivity contribution in [2.75, 3.05) is 12.8 Å². The molecular weight excluding hydrogens is 145 g/mol. The zero-order chi connectivity index (χ0) is 8.27. The lowest BCUT2D eigenvalue weighted by Crippen LogP contribution is -2.08. The van der Waals surface area contributed by atoms with Gasteiger partial charge in [-0.3, -0.25) is 0 Å². The summed E-state index contributed by atoms with van der Waals surface area (Å²) in [5.74, 6) is -0.473. The van der Waals surface area contributed by atoms with Crippen LogP contribution < -0.4 is 11.1 Å². The summed E-state index contributed by atoms with van der Waals surface area (Å²) in [4.78, 5) is 3.60. The normalized spacial score (nSPS) is 10.0. The van der Waals surface area contributed by atoms with Gasteiger partial charge in [-0.25, -0.2) is 9.37 Å². The summed E-state index contributed by atoms with van der Waals surface area (Å²) in [7, 11) is 1.75. The highest BCUT2D eigenvalue weighted by molar-refractivity contribution is 5.34. The molecule has 60 valence electrons. The van der Waals surface area contributed by atoms with E-state index in [0.29, 0.717) is 12.1 Å². The second kappa shape index (κ2) is 3.30. The minimum Gasteiger partial charge on any atom is -0.381 e. The van der Waals surface area contributed by atoms with Crippen molar-refractivity contribution in [1.82, 2.24) is 10.3 Å². The molecule has 0 radical (unpaired) electrons. The maximum Gasteiger partial charge on any atom is 0.169 e. The minimum atomic E-state index is -0.429. The number of pyridine rings is 1. The maximum atomic E-state index is 13.0. The van der Waals surface area contributed by atoms with Gasteiger partial charge in [-0.2, -0.15) is 0 Å². The predicted molar refractivity (Wildman–Crippen MR) is 41.4 cm³/mol. The number of aromatic nitrogens is 1. The molecule has 0 aliphatic rings. The smallest absolute Gasteiger partial charge is 0.169 e. The van der Waals surface area contributed by atoms with Gasteiger partial charge in [0.15, 0.2) is 11.6 Å². The van der Waals surface area contributed by atoms with Gasteiger partial charge in [-0.1, -0.05) is 0 Å². The monoisotopic (exact) mass is 155 g/mol. The molecule has 0 fully saturated rings. The van der Waals surface area contributed by atoms with Crippen molar-refractivity contribution in [2.45, 2.75) is 6.54 Å². The third kappa shape index (κ3) is 1.65. The molecule has 0 aromatic carbocycles. The Bertz CT molecular complexity index is 249. The zero-order valence-corrected chi connectivity index (χ0v) is 6.26. The van der Waals surface area contributed by atoms with E-state index in [9.17, 15) is 4.39 Å². The number of nitrogen functional groups attached to an aromatic ring is 1. The van der Waals surface area contributed by atoms with Crippen LogP contribution in [0.15, 0.2) is 12.3 Å². The van der Waals surface area contributed by atoms with Gasteiger partial charge in [-0.15, -0.1) is 0 Å². The minimum absolute atomic E-state index is 0.0437. The van der Waals surface area contributed by atoms with E-state index < -0.39 is 5.82 Å². The number of hydrogen-bond acceptors (Lipinski definition) is 3. The molecule has 1 aromatic heterocycles. The van der Waals surface area contributed by atoms with E-state index in [4.69, 9.17) is 5.73 Å². The molecule has 0 saturated carbocycles. The van der Waals surface area contributed by atoms with Crippen LogP contribution in [0.4, 0.5) is 10.2 Å². The third-order valence-electron chi connectivity index (χ3n) is 1.36. The number of halogens is 1. The molecule has 0 saturated heterocycles. The SMILES string of the molecule is CNCc1ccnc(N)c1F. The average molecular weight is 155 g/mol. The lowest BCUT2D eigenvalue weighted by atomic mass is 10.2. The third-order valence-corrected chi connectivity index (χ3v) is 1.36. The van der Waals surface area contributed by atoms with Crippen LogP contribution >= 0.6 is 0 Å². The first-order valence-corrected chi connectivity index (χ1v) is 3.29. The summed E-state index contributed by atoms with van der Waals surface area (Å²) < 4.78 is 13.0. The van der Waals surface area contributed by atoms with E-state index in [0.717, 1.165) is 0 Å². The maximum absolute atomic E-state index is 13.0. The van der Waals surface area contributed by atoms with Crippen molar-refractivity contribution >= 4 is 5.82 Å². The molecule has 1 heterocycles. The molecule has 0 unspecified atom stereocenters. The van der Waals surface area contributed by atoms with Crippen LogP contribution in [0.2, 0.25) is 0 Å². The number of rotatable bonds is 2. The van der Waals surface area contributed by atoms with Crippen molar-refractivity contribution in [3.05, 3.63) is 23.6 Å². The Balaban J connectivity index is 2.96. The fourth-order valence-electron chi connectivity index (χ4n) is 0.829. The number of nitrogens with two attached hydrogens (primary N) is 1. The number of anilines is 1. The number of hydrogen-bond donors (Lipinski definition) is 2. The molecule has 0 bridgehead atoms. The Morgan fingerprint density at radius 3 is 3.09 bits per heavy atom. The van der Waals surface area contributed by atoms with Gasteiger partial charge >= 0.3 is 0 Å². The van der Waals surface area contributed by atoms with E-state index in [1.165, 1.54) is 6.20 Å². The summed E-state index contributed by atoms with van der Waals surface area (Å²) in [5, 5.41) is 2.83. The molecule has 3 N–H and O–H groups in total. The molecule has 0 aliphatic carbocycles. The lowest BCUT2D eigenvalue weighted by molar-refractivity contribution is 0.600. The average Bonchev–Trinajstić information content (AvgIpc) is 1.99. The van der Waals surface area contributed by atoms with Crippen LogP contribution in [0.25, 0.3) is 0 Å². The fraction of sp³-hybridized carbons (Fsp3) is 0.286. The molecule has 1 aromatic rings. The van der Waals surface area contributed by atoms with Gasteiger partial charge in [0.2, 0.25) is 0 Å². The van der Waals surface area contributed by atoms with Crippen LogP contribution in [-0.4, -0.2) is 12.0 Å². The second-order valence-electron chi connectivity index (χ2n) is 2.20. The van der Waals surface area contributed by atoms with E-state index in [2.05, 4.69) is 10.3 Å². The highest BCUT2D eigenvalue weighted by Crippen LogP contribution is 2.10. The molecule has 4 heteroatoms. The Labute approximate surface area is 64.4 Å². The highest BCUT2D eigenvalue weighted by Gasteiger charge is 2.03. The Hall–Kier alpha value is -1.16. The van der Waals surface area contributed by atoms with Crippen molar-refractivity contribution in [1.29, 1.82) is 0 Å². The Morgan fingerprint density at radius 2 is 2.45 bits per heavy atom. The summed E-state index contributed by atoms with van der Waals surface area (Å²) in [6.45, 7) is 0.471. The molecular formula is C7H10FN3. The first kappa shape index (κ1) is 7.94. The van der Waals surface area contributed by atoms with Crippen LogP contribution in [-0.2, 0) is 6.54 Å². The van der Waals surface area contributed by atoms with Crippen molar-refractivity contribution in [3.63, 3.8) is 0 Å². The van der Waals surface area contributed by atoms with Crippen LogP contribution in [0, 0.1) is 5.82 Å². The molecule has 3 nitrogen and oxygen atoms in total. The Morgan fingerprint density at radius 1 is 1.73 bits per heavy atom. The van der Waals surface area contributed by atoms with Crippen LogP contribution in [0.5, 0.6) is 0 Å². The molecule has 0 aliphatic heterocycles. The quantitative estimate of drug-likeness (QED) is 0.654. The first-order valence-electron chi connectivity index (χ1n) is 3.29. The van der Waals surface area contributed by atoms with E-state index in [1.54, 1.807) is 13.1 Å². The molecule has 1 rings (SSSR count). The van der Waals surface area contributed by atoms with Gasteiger partial charge in [0.05, 0.1) is 0 Å². The predicted octanol–water partition coefficient (Wildman–Crippen LogP) is 0.522. The van der Waals surface area contributed by atoms with E-state index in [-0.39, 0.29) is 5.82 Å². The van der Waals surface area contributed by atoms with Crippen molar-refractivity contribution < 1.29 is 4.39 Å². The van der Waals surface area contributed by atoms with Gasteiger partial charge in [0, 0.05) is 18.3 Å². The number of nitrogens with one attached hydrogen (secondary N) is 1. The van der Waals surface area contributed by atoms with E-state index in [1.807, 2.05) is 0 Å². The molecule has 11 heavy (non-hydrogen) atoms. The Kier molecular flexibility index (Phi) is 2.38. The summed E-state index contributed by atoms with van der Waals surface area (Å²) in [6, 6.07) is 1.60. The second-order valence-corrected chi connectivity index (χ2v) is 2.20. The number of nitrogens with zero attached hydrogens (tertiary/aromatic N) is 1. The summed E-state index contributed by atoms with van der Waals surface area (Å²) in [6.07, 6.45) is 1.49. The van der Waals surface area contributed by atoms with Crippen LogP contribution in [0.3, 0.4) is 0 Å². The largest absolute Gasteiger partial charge is 0.381 e. The fourth-order valence-corrected chi connectivity index (χ4v) is 0.829. The molecule has 0 spiro atoms. The van der Waals surface area contributed by atoms with Crippen molar-refractivity contribution in [3.8, 4) is 0 Å². The van der Waals surface area contributed by atoms with Crippen LogP contribution in [0.1, 0.15) is 5.56 Å².